The molecule has 0 saturated carbocycles. The van der Waals surface area contributed by atoms with Crippen molar-refractivity contribution >= 4 is 0 Å². The molecule has 0 spiro atoms. The highest BCUT2D eigenvalue weighted by atomic mass is 15.1. The molecule has 1 rings (SSSR count). The van der Waals surface area contributed by atoms with E-state index in [1.807, 2.05) is 33.9 Å². The lowest BCUT2D eigenvalue weighted by molar-refractivity contribution is 1.04. The third kappa shape index (κ3) is 2.31. The van der Waals surface area contributed by atoms with Gasteiger partial charge >= 0.3 is 0 Å². The number of rotatable bonds is 0. The Bertz CT molecular complexity index is 139. The quantitative estimate of drug-likeness (QED) is 0.566. The lowest BCUT2D eigenvalue weighted by atomic mass is 10.3. The zero-order valence-electron chi connectivity index (χ0n) is 6.52. The predicted octanol–water partition coefficient (Wildman–Crippen LogP) is 2.05. The molecule has 2 nitrogen and oxygen atoms in total. The van der Waals surface area contributed by atoms with Crippen LogP contribution in [0.3, 0.4) is 0 Å². The molecule has 0 atom stereocenters. The second-order valence-electron chi connectivity index (χ2n) is 1.68. The van der Waals surface area contributed by atoms with Gasteiger partial charge in [-0.2, -0.15) is 5.10 Å². The van der Waals surface area contributed by atoms with Crippen molar-refractivity contribution in [3.8, 4) is 0 Å². The van der Waals surface area contributed by atoms with Crippen LogP contribution in [0, 0.1) is 13.8 Å². The Morgan fingerprint density at radius 3 is 2.00 bits per heavy atom. The van der Waals surface area contributed by atoms with Crippen LogP contribution in [0.15, 0.2) is 6.20 Å². The number of nitrogens with one attached hydrogen (secondary N) is 1. The molecule has 9 heavy (non-hydrogen) atoms. The highest BCUT2D eigenvalue weighted by molar-refractivity contribution is 5.10. The molecule has 0 amide bonds. The largest absolute Gasteiger partial charge is 0.283 e. The minimum Gasteiger partial charge on any atom is -0.283 e. The minimum atomic E-state index is 1.15. The summed E-state index contributed by atoms with van der Waals surface area (Å²) in [6.45, 7) is 8.03. The Balaban J connectivity index is 0.000000291. The number of aromatic nitrogens is 2. The van der Waals surface area contributed by atoms with Crippen molar-refractivity contribution in [2.24, 2.45) is 0 Å². The summed E-state index contributed by atoms with van der Waals surface area (Å²) in [4.78, 5) is 0. The highest BCUT2D eigenvalue weighted by Gasteiger charge is 1.87. The van der Waals surface area contributed by atoms with Crippen LogP contribution < -0.4 is 0 Å². The Kier molecular flexibility index (Phi) is 3.76. The second-order valence-corrected chi connectivity index (χ2v) is 1.68. The minimum absolute atomic E-state index is 1.15. The summed E-state index contributed by atoms with van der Waals surface area (Å²) in [5.41, 5.74) is 2.38. The molecule has 1 N–H and O–H groups in total. The van der Waals surface area contributed by atoms with Gasteiger partial charge in [0.05, 0.1) is 6.20 Å². The maximum atomic E-state index is 3.80. The molecule has 0 aromatic carbocycles. The number of nitrogens with zero attached hydrogens (tertiary/aromatic N) is 1. The third-order valence-corrected chi connectivity index (χ3v) is 1.08. The van der Waals surface area contributed by atoms with E-state index < -0.39 is 0 Å². The number of aromatic amines is 1. The summed E-state index contributed by atoms with van der Waals surface area (Å²) in [5, 5.41) is 6.61. The monoisotopic (exact) mass is 126 g/mol. The fourth-order valence-corrected chi connectivity index (χ4v) is 0.411. The van der Waals surface area contributed by atoms with Crippen molar-refractivity contribution in [1.82, 2.24) is 10.2 Å². The van der Waals surface area contributed by atoms with Crippen LogP contribution in [0.25, 0.3) is 0 Å². The molecule has 1 heterocycles. The maximum Gasteiger partial charge on any atom is 0.0519 e. The molecule has 1 aromatic rings. The zero-order chi connectivity index (χ0) is 7.28. The van der Waals surface area contributed by atoms with Gasteiger partial charge in [-0.1, -0.05) is 13.8 Å². The molecule has 0 fully saturated rings. The van der Waals surface area contributed by atoms with Crippen LogP contribution in [0.2, 0.25) is 0 Å². The van der Waals surface area contributed by atoms with Crippen molar-refractivity contribution in [1.29, 1.82) is 0 Å². The summed E-state index contributed by atoms with van der Waals surface area (Å²) >= 11 is 0. The van der Waals surface area contributed by atoms with E-state index >= 15 is 0 Å². The van der Waals surface area contributed by atoms with Crippen LogP contribution in [-0.2, 0) is 0 Å². The molecule has 52 valence electrons. The van der Waals surface area contributed by atoms with Crippen molar-refractivity contribution in [2.75, 3.05) is 0 Å². The lowest BCUT2D eigenvalue weighted by Gasteiger charge is -1.78. The predicted molar refractivity (Wildman–Crippen MR) is 39.4 cm³/mol. The highest BCUT2D eigenvalue weighted by Crippen LogP contribution is 1.96. The summed E-state index contributed by atoms with van der Waals surface area (Å²) in [6, 6.07) is 0. The van der Waals surface area contributed by atoms with Crippen LogP contribution in [-0.4, -0.2) is 10.2 Å². The molecular weight excluding hydrogens is 112 g/mol. The average Bonchev–Trinajstić information content (AvgIpc) is 2.23. The van der Waals surface area contributed by atoms with Crippen molar-refractivity contribution in [3.05, 3.63) is 17.5 Å². The van der Waals surface area contributed by atoms with E-state index in [2.05, 4.69) is 10.2 Å². The number of H-pyrrole nitrogens is 1. The van der Waals surface area contributed by atoms with E-state index in [0.717, 1.165) is 5.69 Å². The first-order valence-corrected chi connectivity index (χ1v) is 3.27. The Labute approximate surface area is 56.3 Å². The molecule has 0 saturated heterocycles. The van der Waals surface area contributed by atoms with Crippen LogP contribution in [0.5, 0.6) is 0 Å². The van der Waals surface area contributed by atoms with Crippen LogP contribution in [0.1, 0.15) is 25.1 Å². The third-order valence-electron chi connectivity index (χ3n) is 1.08. The first-order chi connectivity index (χ1) is 4.30. The van der Waals surface area contributed by atoms with Crippen molar-refractivity contribution in [2.45, 2.75) is 27.7 Å². The summed E-state index contributed by atoms with van der Waals surface area (Å²) in [5.74, 6) is 0. The zero-order valence-corrected chi connectivity index (χ0v) is 6.52. The van der Waals surface area contributed by atoms with E-state index in [4.69, 9.17) is 0 Å². The van der Waals surface area contributed by atoms with Crippen LogP contribution in [0.4, 0.5) is 0 Å². The normalized spacial score (nSPS) is 8.00. The van der Waals surface area contributed by atoms with Gasteiger partial charge in [-0.05, 0) is 19.4 Å². The molecule has 0 aliphatic heterocycles. The van der Waals surface area contributed by atoms with Crippen molar-refractivity contribution in [3.63, 3.8) is 0 Å². The van der Waals surface area contributed by atoms with Crippen molar-refractivity contribution < 1.29 is 0 Å². The average molecular weight is 126 g/mol. The Morgan fingerprint density at radius 1 is 1.33 bits per heavy atom. The van der Waals surface area contributed by atoms with E-state index in [-0.39, 0.29) is 0 Å². The summed E-state index contributed by atoms with van der Waals surface area (Å²) in [7, 11) is 0. The fourth-order valence-electron chi connectivity index (χ4n) is 0.411. The van der Waals surface area contributed by atoms with Gasteiger partial charge in [0.2, 0.25) is 0 Å². The van der Waals surface area contributed by atoms with Gasteiger partial charge in [-0.15, -0.1) is 0 Å². The Hall–Kier alpha value is -0.790. The van der Waals surface area contributed by atoms with Gasteiger partial charge in [0, 0.05) is 5.69 Å². The van der Waals surface area contributed by atoms with Gasteiger partial charge in [-0.25, -0.2) is 0 Å². The SMILES string of the molecule is CC.Cc1cn[nH]c1C. The Morgan fingerprint density at radius 2 is 1.89 bits per heavy atom. The molecule has 0 radical (unpaired) electrons. The van der Waals surface area contributed by atoms with E-state index in [1.165, 1.54) is 5.56 Å². The van der Waals surface area contributed by atoms with Gasteiger partial charge < -0.3 is 0 Å². The van der Waals surface area contributed by atoms with Gasteiger partial charge in [0.25, 0.3) is 0 Å². The molecule has 2 heteroatoms. The molecule has 0 bridgehead atoms. The first kappa shape index (κ1) is 8.21. The lowest BCUT2D eigenvalue weighted by Crippen LogP contribution is -1.70. The molecular formula is C7H14N2. The van der Waals surface area contributed by atoms with E-state index in [1.54, 1.807) is 0 Å². The number of hydrogen-bond acceptors (Lipinski definition) is 1. The van der Waals surface area contributed by atoms with Gasteiger partial charge in [-0.3, -0.25) is 5.10 Å². The van der Waals surface area contributed by atoms with Crippen LogP contribution >= 0.6 is 0 Å². The second kappa shape index (κ2) is 4.13. The van der Waals surface area contributed by atoms with Gasteiger partial charge in [0.1, 0.15) is 0 Å². The first-order valence-electron chi connectivity index (χ1n) is 3.27. The maximum absolute atomic E-state index is 3.80. The van der Waals surface area contributed by atoms with E-state index in [0.29, 0.717) is 0 Å². The topological polar surface area (TPSA) is 28.7 Å². The van der Waals surface area contributed by atoms with E-state index in [9.17, 15) is 0 Å². The summed E-state index contributed by atoms with van der Waals surface area (Å²) in [6.07, 6.45) is 1.81. The number of aryl methyl sites for hydroxylation is 2. The molecule has 0 aliphatic rings. The standard InChI is InChI=1S/C5H8N2.C2H6/c1-4-3-6-7-5(4)2;1-2/h3H,1-2H3,(H,6,7);1-2H3. The smallest absolute Gasteiger partial charge is 0.0519 e. The summed E-state index contributed by atoms with van der Waals surface area (Å²) < 4.78 is 0. The number of hydrogen-bond donors (Lipinski definition) is 1. The molecule has 1 aromatic heterocycles. The molecule has 0 aliphatic carbocycles. The molecule has 0 unspecified atom stereocenters. The van der Waals surface area contributed by atoms with Gasteiger partial charge in [0.15, 0.2) is 0 Å². The fraction of sp³-hybridized carbons (Fsp3) is 0.571.